The van der Waals surface area contributed by atoms with Crippen LogP contribution in [0, 0.1) is 5.92 Å². The Morgan fingerprint density at radius 3 is 2.95 bits per heavy atom. The minimum absolute atomic E-state index is 0.105. The molecular weight excluding hydrogens is 264 g/mol. The summed E-state index contributed by atoms with van der Waals surface area (Å²) in [5.74, 6) is 1.64. The lowest BCUT2D eigenvalue weighted by molar-refractivity contribution is 0.0940. The smallest absolute Gasteiger partial charge is 0.179 e. The van der Waals surface area contributed by atoms with Gasteiger partial charge in [-0.15, -0.1) is 0 Å². The summed E-state index contributed by atoms with van der Waals surface area (Å²) in [7, 11) is 0. The SMILES string of the molecule is CCC(NCCC(C)C)C(=O)c1ccc2c(c1)NCCO2. The lowest BCUT2D eigenvalue weighted by atomic mass is 10.0. The summed E-state index contributed by atoms with van der Waals surface area (Å²) in [4.78, 5) is 12.6. The van der Waals surface area contributed by atoms with Crippen LogP contribution in [0.5, 0.6) is 5.75 Å². The molecule has 0 bridgehead atoms. The van der Waals surface area contributed by atoms with E-state index in [-0.39, 0.29) is 11.8 Å². The summed E-state index contributed by atoms with van der Waals surface area (Å²) in [6.07, 6.45) is 1.89. The van der Waals surface area contributed by atoms with E-state index in [1.54, 1.807) is 0 Å². The minimum Gasteiger partial charge on any atom is -0.490 e. The van der Waals surface area contributed by atoms with Gasteiger partial charge in [-0.3, -0.25) is 4.79 Å². The Labute approximate surface area is 127 Å². The van der Waals surface area contributed by atoms with E-state index in [1.807, 2.05) is 25.1 Å². The molecule has 4 nitrogen and oxygen atoms in total. The van der Waals surface area contributed by atoms with Crippen LogP contribution in [-0.4, -0.2) is 31.5 Å². The summed E-state index contributed by atoms with van der Waals surface area (Å²) in [5.41, 5.74) is 1.67. The molecule has 1 aliphatic rings. The number of ketones is 1. The van der Waals surface area contributed by atoms with Gasteiger partial charge in [-0.2, -0.15) is 0 Å². The highest BCUT2D eigenvalue weighted by Crippen LogP contribution is 2.28. The predicted molar refractivity (Wildman–Crippen MR) is 86.3 cm³/mol. The Kier molecular flexibility index (Phi) is 5.62. The number of carbonyl (C=O) groups excluding carboxylic acids is 1. The van der Waals surface area contributed by atoms with Crippen molar-refractivity contribution in [1.29, 1.82) is 0 Å². The quantitative estimate of drug-likeness (QED) is 0.758. The van der Waals surface area contributed by atoms with Crippen LogP contribution in [0.2, 0.25) is 0 Å². The van der Waals surface area contributed by atoms with Crippen LogP contribution in [0.3, 0.4) is 0 Å². The van der Waals surface area contributed by atoms with Crippen molar-refractivity contribution in [3.05, 3.63) is 23.8 Å². The number of rotatable bonds is 7. The first kappa shape index (κ1) is 15.8. The summed E-state index contributed by atoms with van der Waals surface area (Å²) in [5, 5.41) is 6.65. The largest absolute Gasteiger partial charge is 0.490 e. The third-order valence-electron chi connectivity index (χ3n) is 3.78. The Hall–Kier alpha value is -1.55. The van der Waals surface area contributed by atoms with Crippen LogP contribution in [-0.2, 0) is 0 Å². The van der Waals surface area contributed by atoms with Gasteiger partial charge in [-0.05, 0) is 43.5 Å². The summed E-state index contributed by atoms with van der Waals surface area (Å²) in [6.45, 7) is 8.78. The molecule has 21 heavy (non-hydrogen) atoms. The highest BCUT2D eigenvalue weighted by molar-refractivity contribution is 6.01. The molecule has 116 valence electrons. The van der Waals surface area contributed by atoms with E-state index in [0.717, 1.165) is 42.9 Å². The maximum absolute atomic E-state index is 12.6. The third-order valence-corrected chi connectivity index (χ3v) is 3.78. The van der Waals surface area contributed by atoms with Crippen molar-refractivity contribution in [3.63, 3.8) is 0 Å². The standard InChI is InChI=1S/C17H26N2O2/c1-4-14(18-8-7-12(2)3)17(20)13-5-6-16-15(11-13)19-9-10-21-16/h5-6,11-12,14,18-19H,4,7-10H2,1-3H3. The van der Waals surface area contributed by atoms with E-state index in [9.17, 15) is 4.79 Å². The molecular formula is C17H26N2O2. The Balaban J connectivity index is 2.03. The summed E-state index contributed by atoms with van der Waals surface area (Å²) in [6, 6.07) is 5.55. The van der Waals surface area contributed by atoms with Gasteiger partial charge in [-0.25, -0.2) is 0 Å². The zero-order valence-corrected chi connectivity index (χ0v) is 13.2. The fraction of sp³-hybridized carbons (Fsp3) is 0.588. The highest BCUT2D eigenvalue weighted by Gasteiger charge is 2.20. The number of hydrogen-bond donors (Lipinski definition) is 2. The molecule has 0 aromatic heterocycles. The first-order chi connectivity index (χ1) is 10.1. The molecule has 1 heterocycles. The van der Waals surface area contributed by atoms with Gasteiger partial charge in [-0.1, -0.05) is 20.8 Å². The second-order valence-electron chi connectivity index (χ2n) is 5.95. The minimum atomic E-state index is -0.105. The van der Waals surface area contributed by atoms with Gasteiger partial charge in [0.25, 0.3) is 0 Å². The summed E-state index contributed by atoms with van der Waals surface area (Å²) >= 11 is 0. The fourth-order valence-corrected chi connectivity index (χ4v) is 2.46. The predicted octanol–water partition coefficient (Wildman–Crippen LogP) is 3.09. The molecule has 1 atom stereocenters. The molecule has 2 rings (SSSR count). The van der Waals surface area contributed by atoms with Crippen molar-refractivity contribution >= 4 is 11.5 Å². The Morgan fingerprint density at radius 2 is 2.24 bits per heavy atom. The maximum Gasteiger partial charge on any atom is 0.179 e. The number of carbonyl (C=O) groups is 1. The number of Topliss-reactive ketones (excluding diaryl/α,β-unsaturated/α-hetero) is 1. The molecule has 1 aromatic rings. The molecule has 0 aliphatic carbocycles. The average Bonchev–Trinajstić information content (AvgIpc) is 2.50. The number of benzene rings is 1. The van der Waals surface area contributed by atoms with E-state index in [1.165, 1.54) is 0 Å². The normalized spacial score (nSPS) is 15.0. The molecule has 1 aliphatic heterocycles. The van der Waals surface area contributed by atoms with E-state index >= 15 is 0 Å². The Bertz CT molecular complexity index is 486. The monoisotopic (exact) mass is 290 g/mol. The molecule has 0 radical (unpaired) electrons. The maximum atomic E-state index is 12.6. The lowest BCUT2D eigenvalue weighted by Gasteiger charge is -2.21. The number of fused-ring (bicyclic) bond motifs is 1. The van der Waals surface area contributed by atoms with Gasteiger partial charge < -0.3 is 15.4 Å². The van der Waals surface area contributed by atoms with Crippen LogP contribution in [0.15, 0.2) is 18.2 Å². The van der Waals surface area contributed by atoms with Crippen LogP contribution in [0.25, 0.3) is 0 Å². The number of nitrogens with one attached hydrogen (secondary N) is 2. The van der Waals surface area contributed by atoms with E-state index in [0.29, 0.717) is 12.5 Å². The van der Waals surface area contributed by atoms with Crippen LogP contribution < -0.4 is 15.4 Å². The lowest BCUT2D eigenvalue weighted by Crippen LogP contribution is -2.37. The first-order valence-electron chi connectivity index (χ1n) is 7.90. The van der Waals surface area contributed by atoms with Crippen molar-refractivity contribution in [2.24, 2.45) is 5.92 Å². The van der Waals surface area contributed by atoms with Gasteiger partial charge in [0, 0.05) is 12.1 Å². The van der Waals surface area contributed by atoms with E-state index in [2.05, 4.69) is 24.5 Å². The fourth-order valence-electron chi connectivity index (χ4n) is 2.46. The topological polar surface area (TPSA) is 50.4 Å². The third kappa shape index (κ3) is 4.21. The molecule has 0 saturated heterocycles. The van der Waals surface area contributed by atoms with Crippen molar-refractivity contribution in [1.82, 2.24) is 5.32 Å². The van der Waals surface area contributed by atoms with Crippen molar-refractivity contribution in [3.8, 4) is 5.75 Å². The Morgan fingerprint density at radius 1 is 1.43 bits per heavy atom. The molecule has 4 heteroatoms. The van der Waals surface area contributed by atoms with Crippen molar-refractivity contribution in [2.75, 3.05) is 25.0 Å². The molecule has 1 aromatic carbocycles. The highest BCUT2D eigenvalue weighted by atomic mass is 16.5. The molecule has 0 amide bonds. The molecule has 0 fully saturated rings. The molecule has 0 saturated carbocycles. The second-order valence-corrected chi connectivity index (χ2v) is 5.95. The average molecular weight is 290 g/mol. The zero-order chi connectivity index (χ0) is 15.2. The van der Waals surface area contributed by atoms with Gasteiger partial charge in [0.2, 0.25) is 0 Å². The molecule has 0 spiro atoms. The van der Waals surface area contributed by atoms with Crippen LogP contribution >= 0.6 is 0 Å². The van der Waals surface area contributed by atoms with Gasteiger partial charge in [0.1, 0.15) is 12.4 Å². The van der Waals surface area contributed by atoms with Crippen molar-refractivity contribution in [2.45, 2.75) is 39.7 Å². The van der Waals surface area contributed by atoms with E-state index in [4.69, 9.17) is 4.74 Å². The number of anilines is 1. The van der Waals surface area contributed by atoms with Crippen LogP contribution in [0.4, 0.5) is 5.69 Å². The summed E-state index contributed by atoms with van der Waals surface area (Å²) < 4.78 is 5.55. The second kappa shape index (κ2) is 7.46. The molecule has 2 N–H and O–H groups in total. The number of ether oxygens (including phenoxy) is 1. The molecule has 1 unspecified atom stereocenters. The van der Waals surface area contributed by atoms with Gasteiger partial charge >= 0.3 is 0 Å². The number of hydrogen-bond acceptors (Lipinski definition) is 4. The van der Waals surface area contributed by atoms with Gasteiger partial charge in [0.15, 0.2) is 5.78 Å². The first-order valence-corrected chi connectivity index (χ1v) is 7.90. The van der Waals surface area contributed by atoms with E-state index < -0.39 is 0 Å². The van der Waals surface area contributed by atoms with Crippen LogP contribution in [0.1, 0.15) is 44.0 Å². The zero-order valence-electron chi connectivity index (χ0n) is 13.2. The van der Waals surface area contributed by atoms with Gasteiger partial charge in [0.05, 0.1) is 11.7 Å². The van der Waals surface area contributed by atoms with Crippen molar-refractivity contribution < 1.29 is 9.53 Å².